The third-order valence-electron chi connectivity index (χ3n) is 3.42. The van der Waals surface area contributed by atoms with Crippen molar-refractivity contribution in [2.45, 2.75) is 6.10 Å². The number of carboxylic acid groups (broad SMARTS) is 1. The molecule has 3 aromatic rings. The summed E-state index contributed by atoms with van der Waals surface area (Å²) in [6, 6.07) is 18.9. The van der Waals surface area contributed by atoms with Gasteiger partial charge in [-0.05, 0) is 11.1 Å². The van der Waals surface area contributed by atoms with Crippen LogP contribution in [0.4, 0.5) is 5.13 Å². The number of nitrogen functional groups attached to an aromatic ring is 1. The number of carboxylic acids is 1. The first-order valence-corrected chi connectivity index (χ1v) is 8.31. The van der Waals surface area contributed by atoms with E-state index in [1.54, 1.807) is 0 Å². The number of nitrogens with two attached hydrogens (primary N) is 1. The van der Waals surface area contributed by atoms with Crippen LogP contribution in [0.1, 0.15) is 22.9 Å². The minimum atomic E-state index is -1.23. The van der Waals surface area contributed by atoms with Gasteiger partial charge in [-0.25, -0.2) is 9.78 Å². The molecule has 3 N–H and O–H groups in total. The summed E-state index contributed by atoms with van der Waals surface area (Å²) in [5, 5.41) is 15.1. The molecule has 0 aliphatic rings. The molecule has 7 heteroatoms. The molecule has 0 aliphatic heterocycles. The molecule has 126 valence electrons. The Bertz CT molecular complexity index is 839. The van der Waals surface area contributed by atoms with Gasteiger partial charge in [0.2, 0.25) is 5.71 Å². The first-order chi connectivity index (χ1) is 12.1. The zero-order valence-corrected chi connectivity index (χ0v) is 13.9. The third-order valence-corrected chi connectivity index (χ3v) is 4.10. The number of aliphatic carboxylic acids is 1. The Labute approximate surface area is 148 Å². The molecule has 3 rings (SSSR count). The van der Waals surface area contributed by atoms with Crippen molar-refractivity contribution in [2.75, 3.05) is 5.73 Å². The van der Waals surface area contributed by atoms with Gasteiger partial charge >= 0.3 is 5.97 Å². The van der Waals surface area contributed by atoms with E-state index in [0.717, 1.165) is 22.5 Å². The number of hydrogen-bond acceptors (Lipinski definition) is 6. The predicted octanol–water partition coefficient (Wildman–Crippen LogP) is 3.32. The van der Waals surface area contributed by atoms with Crippen molar-refractivity contribution in [1.82, 2.24) is 4.98 Å². The lowest BCUT2D eigenvalue weighted by atomic mass is 10.0. The van der Waals surface area contributed by atoms with Gasteiger partial charge in [0.05, 0.1) is 0 Å². The minimum Gasteiger partial charge on any atom is -0.476 e. The maximum absolute atomic E-state index is 11.5. The van der Waals surface area contributed by atoms with E-state index in [1.165, 1.54) is 5.38 Å². The zero-order chi connectivity index (χ0) is 17.6. The number of benzene rings is 2. The van der Waals surface area contributed by atoms with Crippen LogP contribution in [0, 0.1) is 0 Å². The SMILES string of the molecule is Nc1nc(C(=NOC(c2ccccc2)c2ccccc2)C(=O)O)cs1. The predicted molar refractivity (Wildman–Crippen MR) is 96.5 cm³/mol. The number of aromatic nitrogens is 1. The molecule has 0 unspecified atom stereocenters. The summed E-state index contributed by atoms with van der Waals surface area (Å²) < 4.78 is 0. The maximum atomic E-state index is 11.5. The van der Waals surface area contributed by atoms with Crippen LogP contribution in [-0.4, -0.2) is 21.8 Å². The quantitative estimate of drug-likeness (QED) is 0.523. The van der Waals surface area contributed by atoms with Crippen LogP contribution in [-0.2, 0) is 9.63 Å². The summed E-state index contributed by atoms with van der Waals surface area (Å²) in [6.45, 7) is 0. The second-order valence-corrected chi connectivity index (χ2v) is 6.01. The zero-order valence-electron chi connectivity index (χ0n) is 13.1. The van der Waals surface area contributed by atoms with Crippen LogP contribution in [0.3, 0.4) is 0 Å². The van der Waals surface area contributed by atoms with Gasteiger partial charge in [0.1, 0.15) is 5.69 Å². The highest BCUT2D eigenvalue weighted by molar-refractivity contribution is 7.13. The Balaban J connectivity index is 1.96. The highest BCUT2D eigenvalue weighted by Crippen LogP contribution is 2.26. The molecule has 0 atom stereocenters. The Morgan fingerprint density at radius 2 is 1.64 bits per heavy atom. The molecule has 2 aromatic carbocycles. The van der Waals surface area contributed by atoms with Crippen LogP contribution in [0.5, 0.6) is 0 Å². The van der Waals surface area contributed by atoms with E-state index in [9.17, 15) is 9.90 Å². The average Bonchev–Trinajstić information content (AvgIpc) is 3.06. The largest absolute Gasteiger partial charge is 0.476 e. The summed E-state index contributed by atoms with van der Waals surface area (Å²) in [6.07, 6.45) is -0.535. The van der Waals surface area contributed by atoms with E-state index in [1.807, 2.05) is 60.7 Å². The van der Waals surface area contributed by atoms with Crippen LogP contribution in [0.15, 0.2) is 71.2 Å². The van der Waals surface area contributed by atoms with Crippen molar-refractivity contribution < 1.29 is 14.7 Å². The highest BCUT2D eigenvalue weighted by atomic mass is 32.1. The molecule has 0 aliphatic carbocycles. The minimum absolute atomic E-state index is 0.176. The lowest BCUT2D eigenvalue weighted by Crippen LogP contribution is -2.16. The lowest BCUT2D eigenvalue weighted by molar-refractivity contribution is -0.129. The first-order valence-electron chi connectivity index (χ1n) is 7.43. The third kappa shape index (κ3) is 4.02. The van der Waals surface area contributed by atoms with Crippen molar-refractivity contribution in [3.05, 3.63) is 82.9 Å². The van der Waals surface area contributed by atoms with Crippen LogP contribution in [0.25, 0.3) is 0 Å². The number of nitrogens with zero attached hydrogens (tertiary/aromatic N) is 2. The van der Waals surface area contributed by atoms with Gasteiger partial charge < -0.3 is 15.7 Å². The standard InChI is InChI=1S/C18H15N3O3S/c19-18-20-14(11-25-18)15(17(22)23)21-24-16(12-7-3-1-4-8-12)13-9-5-2-6-10-13/h1-11,16H,(H2,19,20)(H,22,23). The van der Waals surface area contributed by atoms with Crippen molar-refractivity contribution in [3.63, 3.8) is 0 Å². The van der Waals surface area contributed by atoms with Crippen molar-refractivity contribution >= 4 is 28.1 Å². The molecule has 0 amide bonds. The molecule has 0 fully saturated rings. The summed E-state index contributed by atoms with van der Waals surface area (Å²) >= 11 is 1.14. The van der Waals surface area contributed by atoms with Gasteiger partial charge in [-0.1, -0.05) is 65.8 Å². The van der Waals surface area contributed by atoms with Gasteiger partial charge in [0.25, 0.3) is 0 Å². The van der Waals surface area contributed by atoms with E-state index in [-0.39, 0.29) is 16.5 Å². The molecule has 1 aromatic heterocycles. The lowest BCUT2D eigenvalue weighted by Gasteiger charge is -2.16. The van der Waals surface area contributed by atoms with E-state index in [0.29, 0.717) is 0 Å². The Kier molecular flexibility index (Phi) is 5.06. The molecule has 0 saturated heterocycles. The molecule has 0 radical (unpaired) electrons. The highest BCUT2D eigenvalue weighted by Gasteiger charge is 2.20. The van der Waals surface area contributed by atoms with Crippen LogP contribution in [0.2, 0.25) is 0 Å². The van der Waals surface area contributed by atoms with Crippen LogP contribution >= 0.6 is 11.3 Å². The number of hydrogen-bond donors (Lipinski definition) is 2. The number of rotatable bonds is 6. The Hall–Kier alpha value is -3.19. The summed E-state index contributed by atoms with van der Waals surface area (Å²) in [7, 11) is 0. The summed E-state index contributed by atoms with van der Waals surface area (Å²) in [4.78, 5) is 21.1. The van der Waals surface area contributed by atoms with Crippen LogP contribution < -0.4 is 5.73 Å². The van der Waals surface area contributed by atoms with Gasteiger partial charge in [0, 0.05) is 5.38 Å². The van der Waals surface area contributed by atoms with Gasteiger partial charge in [-0.15, -0.1) is 11.3 Å². The number of oxime groups is 1. The first kappa shape index (κ1) is 16.7. The number of thiazole rings is 1. The topological polar surface area (TPSA) is 97.8 Å². The van der Waals surface area contributed by atoms with Crippen molar-refractivity contribution in [1.29, 1.82) is 0 Å². The second kappa shape index (κ2) is 7.59. The average molecular weight is 353 g/mol. The second-order valence-electron chi connectivity index (χ2n) is 5.12. The molecule has 6 nitrogen and oxygen atoms in total. The molecule has 0 bridgehead atoms. The molecule has 0 spiro atoms. The summed E-state index contributed by atoms with van der Waals surface area (Å²) in [5.41, 5.74) is 7.18. The monoisotopic (exact) mass is 353 g/mol. The summed E-state index contributed by atoms with van der Waals surface area (Å²) in [5.74, 6) is -1.23. The normalized spacial score (nSPS) is 11.5. The number of anilines is 1. The maximum Gasteiger partial charge on any atom is 0.360 e. The van der Waals surface area contributed by atoms with E-state index in [4.69, 9.17) is 10.6 Å². The van der Waals surface area contributed by atoms with E-state index < -0.39 is 12.1 Å². The van der Waals surface area contributed by atoms with Crippen molar-refractivity contribution in [3.8, 4) is 0 Å². The fourth-order valence-corrected chi connectivity index (χ4v) is 2.81. The molecular weight excluding hydrogens is 338 g/mol. The fraction of sp³-hybridized carbons (Fsp3) is 0.0556. The molecule has 0 saturated carbocycles. The smallest absolute Gasteiger partial charge is 0.360 e. The van der Waals surface area contributed by atoms with E-state index >= 15 is 0 Å². The van der Waals surface area contributed by atoms with Crippen molar-refractivity contribution in [2.24, 2.45) is 5.16 Å². The molecule has 25 heavy (non-hydrogen) atoms. The molecule has 1 heterocycles. The Morgan fingerprint density at radius 3 is 2.08 bits per heavy atom. The molecular formula is C18H15N3O3S. The van der Waals surface area contributed by atoms with Gasteiger partial charge in [-0.2, -0.15) is 0 Å². The van der Waals surface area contributed by atoms with Gasteiger partial charge in [-0.3, -0.25) is 0 Å². The Morgan fingerprint density at radius 1 is 1.08 bits per heavy atom. The fourth-order valence-electron chi connectivity index (χ4n) is 2.27. The van der Waals surface area contributed by atoms with Gasteiger partial charge in [0.15, 0.2) is 11.2 Å². The van der Waals surface area contributed by atoms with E-state index in [2.05, 4.69) is 10.1 Å². The number of carbonyl (C=O) groups is 1.